The van der Waals surface area contributed by atoms with Crippen molar-refractivity contribution >= 4 is 23.5 Å². The van der Waals surface area contributed by atoms with E-state index in [4.69, 9.17) is 16.3 Å². The Morgan fingerprint density at radius 2 is 1.95 bits per heavy atom. The lowest BCUT2D eigenvalue weighted by atomic mass is 10.3. The van der Waals surface area contributed by atoms with Gasteiger partial charge in [-0.25, -0.2) is 10.3 Å². The molecule has 0 aromatic heterocycles. The Morgan fingerprint density at radius 1 is 1.32 bits per heavy atom. The fourth-order valence-corrected chi connectivity index (χ4v) is 1.20. The SMILES string of the molecule is COC(=O)CONC(=O)[C@H](C)Oc1ccc(Cl)cc1. The van der Waals surface area contributed by atoms with E-state index in [-0.39, 0.29) is 6.61 Å². The van der Waals surface area contributed by atoms with Gasteiger partial charge in [-0.3, -0.25) is 9.63 Å². The second-order valence-electron chi connectivity index (χ2n) is 3.55. The molecule has 7 heteroatoms. The molecule has 1 N–H and O–H groups in total. The Hall–Kier alpha value is -1.79. The average Bonchev–Trinajstić information content (AvgIpc) is 2.40. The van der Waals surface area contributed by atoms with Crippen LogP contribution < -0.4 is 10.2 Å². The quantitative estimate of drug-likeness (QED) is 0.631. The van der Waals surface area contributed by atoms with Crippen molar-refractivity contribution in [1.29, 1.82) is 0 Å². The van der Waals surface area contributed by atoms with Gasteiger partial charge in [0, 0.05) is 5.02 Å². The van der Waals surface area contributed by atoms with E-state index < -0.39 is 18.0 Å². The van der Waals surface area contributed by atoms with Crippen LogP contribution in [0.2, 0.25) is 5.02 Å². The molecule has 6 nitrogen and oxygen atoms in total. The summed E-state index contributed by atoms with van der Waals surface area (Å²) in [5, 5.41) is 0.575. The maximum absolute atomic E-state index is 11.5. The van der Waals surface area contributed by atoms with E-state index in [1.165, 1.54) is 7.11 Å². The Labute approximate surface area is 115 Å². The first kappa shape index (κ1) is 15.3. The van der Waals surface area contributed by atoms with Crippen LogP contribution in [0.1, 0.15) is 6.92 Å². The zero-order chi connectivity index (χ0) is 14.3. The number of carbonyl (C=O) groups excluding carboxylic acids is 2. The van der Waals surface area contributed by atoms with E-state index in [2.05, 4.69) is 15.1 Å². The van der Waals surface area contributed by atoms with E-state index in [0.717, 1.165) is 0 Å². The monoisotopic (exact) mass is 287 g/mol. The Kier molecular flexibility index (Phi) is 6.11. The van der Waals surface area contributed by atoms with Crippen molar-refractivity contribution in [2.24, 2.45) is 0 Å². The Balaban J connectivity index is 2.36. The summed E-state index contributed by atoms with van der Waals surface area (Å²) >= 11 is 5.72. The molecular formula is C12H14ClNO5. The van der Waals surface area contributed by atoms with Gasteiger partial charge in [0.25, 0.3) is 5.91 Å². The summed E-state index contributed by atoms with van der Waals surface area (Å²) < 4.78 is 9.69. The first-order chi connectivity index (χ1) is 9.02. The molecule has 0 aliphatic carbocycles. The average molecular weight is 288 g/mol. The van der Waals surface area contributed by atoms with Crippen molar-refractivity contribution < 1.29 is 23.9 Å². The van der Waals surface area contributed by atoms with Crippen molar-refractivity contribution in [2.75, 3.05) is 13.7 Å². The predicted molar refractivity (Wildman–Crippen MR) is 67.7 cm³/mol. The van der Waals surface area contributed by atoms with Gasteiger partial charge in [-0.2, -0.15) is 0 Å². The van der Waals surface area contributed by atoms with Gasteiger partial charge in [-0.15, -0.1) is 0 Å². The number of hydroxylamine groups is 1. The number of ether oxygens (including phenoxy) is 2. The summed E-state index contributed by atoms with van der Waals surface area (Å²) in [6.45, 7) is 1.18. The third-order valence-electron chi connectivity index (χ3n) is 2.09. The molecule has 1 atom stereocenters. The number of benzene rings is 1. The molecular weight excluding hydrogens is 274 g/mol. The highest BCUT2D eigenvalue weighted by molar-refractivity contribution is 6.30. The normalized spacial score (nSPS) is 11.5. The number of carbonyl (C=O) groups is 2. The maximum Gasteiger partial charge on any atom is 0.334 e. The zero-order valence-corrected chi connectivity index (χ0v) is 11.3. The molecule has 104 valence electrons. The largest absolute Gasteiger partial charge is 0.481 e. The van der Waals surface area contributed by atoms with Crippen molar-refractivity contribution in [2.45, 2.75) is 13.0 Å². The van der Waals surface area contributed by atoms with E-state index >= 15 is 0 Å². The van der Waals surface area contributed by atoms with Gasteiger partial charge < -0.3 is 9.47 Å². The van der Waals surface area contributed by atoms with Crippen LogP contribution in [0, 0.1) is 0 Å². The molecule has 0 bridgehead atoms. The second-order valence-corrected chi connectivity index (χ2v) is 3.98. The van der Waals surface area contributed by atoms with Gasteiger partial charge >= 0.3 is 5.97 Å². The molecule has 0 aliphatic rings. The molecule has 0 radical (unpaired) electrons. The van der Waals surface area contributed by atoms with Crippen molar-refractivity contribution in [1.82, 2.24) is 5.48 Å². The number of hydrogen-bond acceptors (Lipinski definition) is 5. The molecule has 1 amide bonds. The van der Waals surface area contributed by atoms with Gasteiger partial charge in [0.1, 0.15) is 5.75 Å². The summed E-state index contributed by atoms with van der Waals surface area (Å²) in [6.07, 6.45) is -0.779. The minimum atomic E-state index is -0.779. The van der Waals surface area contributed by atoms with E-state index in [0.29, 0.717) is 10.8 Å². The van der Waals surface area contributed by atoms with E-state index in [1.54, 1.807) is 31.2 Å². The third-order valence-corrected chi connectivity index (χ3v) is 2.34. The van der Waals surface area contributed by atoms with Crippen LogP contribution in [-0.2, 0) is 19.2 Å². The topological polar surface area (TPSA) is 73.9 Å². The van der Waals surface area contributed by atoms with Crippen LogP contribution in [-0.4, -0.2) is 31.7 Å². The fraction of sp³-hybridized carbons (Fsp3) is 0.333. The highest BCUT2D eigenvalue weighted by Gasteiger charge is 2.15. The van der Waals surface area contributed by atoms with Gasteiger partial charge in [-0.05, 0) is 31.2 Å². The van der Waals surface area contributed by atoms with Gasteiger partial charge in [0.05, 0.1) is 7.11 Å². The number of methoxy groups -OCH3 is 1. The molecule has 0 heterocycles. The Bertz CT molecular complexity index is 434. The Morgan fingerprint density at radius 3 is 2.53 bits per heavy atom. The smallest absolute Gasteiger partial charge is 0.334 e. The lowest BCUT2D eigenvalue weighted by molar-refractivity contribution is -0.154. The van der Waals surface area contributed by atoms with Crippen LogP contribution in [0.25, 0.3) is 0 Å². The molecule has 0 aliphatic heterocycles. The summed E-state index contributed by atoms with van der Waals surface area (Å²) in [5.41, 5.74) is 2.09. The van der Waals surface area contributed by atoms with E-state index in [9.17, 15) is 9.59 Å². The molecule has 0 saturated carbocycles. The first-order valence-electron chi connectivity index (χ1n) is 5.43. The van der Waals surface area contributed by atoms with Gasteiger partial charge in [0.2, 0.25) is 0 Å². The molecule has 19 heavy (non-hydrogen) atoms. The minimum absolute atomic E-state index is 0.365. The van der Waals surface area contributed by atoms with Crippen LogP contribution in [0.3, 0.4) is 0 Å². The van der Waals surface area contributed by atoms with Gasteiger partial charge in [0.15, 0.2) is 12.7 Å². The van der Waals surface area contributed by atoms with Gasteiger partial charge in [-0.1, -0.05) is 11.6 Å². The number of rotatable bonds is 6. The molecule has 1 aromatic carbocycles. The highest BCUT2D eigenvalue weighted by atomic mass is 35.5. The summed E-state index contributed by atoms with van der Waals surface area (Å²) in [5.74, 6) is -0.606. The molecule has 0 spiro atoms. The number of esters is 1. The molecule has 0 unspecified atom stereocenters. The van der Waals surface area contributed by atoms with Crippen molar-refractivity contribution in [3.63, 3.8) is 0 Å². The van der Waals surface area contributed by atoms with Crippen LogP contribution in [0.5, 0.6) is 5.75 Å². The molecule has 1 aromatic rings. The lowest BCUT2D eigenvalue weighted by Gasteiger charge is -2.14. The number of amides is 1. The number of halogens is 1. The second kappa shape index (κ2) is 7.60. The molecule has 0 fully saturated rings. The van der Waals surface area contributed by atoms with Crippen LogP contribution in [0.15, 0.2) is 24.3 Å². The van der Waals surface area contributed by atoms with Crippen LogP contribution >= 0.6 is 11.6 Å². The molecule has 0 saturated heterocycles. The molecule has 1 rings (SSSR count). The highest BCUT2D eigenvalue weighted by Crippen LogP contribution is 2.16. The minimum Gasteiger partial charge on any atom is -0.481 e. The van der Waals surface area contributed by atoms with Crippen LogP contribution in [0.4, 0.5) is 0 Å². The first-order valence-corrected chi connectivity index (χ1v) is 5.81. The van der Waals surface area contributed by atoms with E-state index in [1.807, 2.05) is 0 Å². The standard InChI is InChI=1S/C12H14ClNO5/c1-8(12(16)14-18-7-11(15)17-2)19-10-5-3-9(13)4-6-10/h3-6,8H,7H2,1-2H3,(H,14,16)/t8-/m0/s1. The summed E-state index contributed by atoms with van der Waals surface area (Å²) in [6, 6.07) is 6.58. The third kappa shape index (κ3) is 5.58. The number of hydrogen-bond donors (Lipinski definition) is 1. The maximum atomic E-state index is 11.5. The number of nitrogens with one attached hydrogen (secondary N) is 1. The fourth-order valence-electron chi connectivity index (χ4n) is 1.08. The van der Waals surface area contributed by atoms with Crippen molar-refractivity contribution in [3.05, 3.63) is 29.3 Å². The summed E-state index contributed by atoms with van der Waals surface area (Å²) in [7, 11) is 1.22. The summed E-state index contributed by atoms with van der Waals surface area (Å²) in [4.78, 5) is 26.9. The predicted octanol–water partition coefficient (Wildman–Crippen LogP) is 1.33. The van der Waals surface area contributed by atoms with Crippen molar-refractivity contribution in [3.8, 4) is 5.75 Å². The zero-order valence-electron chi connectivity index (χ0n) is 10.5. The lowest BCUT2D eigenvalue weighted by Crippen LogP contribution is -2.37.